The van der Waals surface area contributed by atoms with Crippen LogP contribution >= 0.6 is 0 Å². The Bertz CT molecular complexity index is 2490. The maximum absolute atomic E-state index is 12.9. The second-order valence-corrected chi connectivity index (χ2v) is 12.2. The van der Waals surface area contributed by atoms with Crippen molar-refractivity contribution < 1.29 is 19.1 Å². The number of benzene rings is 2. The summed E-state index contributed by atoms with van der Waals surface area (Å²) in [6.45, 7) is 3.40. The number of azo groups is 2. The second-order valence-electron chi connectivity index (χ2n) is 12.2. The number of methoxy groups -OCH3 is 2. The van der Waals surface area contributed by atoms with Crippen LogP contribution in [0.3, 0.4) is 0 Å². The number of nitrogen functional groups attached to an aromatic ring is 2. The first-order valence-corrected chi connectivity index (χ1v) is 16.8. The number of carbonyl (C=O) groups excluding carboxylic acids is 2. The fourth-order valence-electron chi connectivity index (χ4n) is 5.87. The highest BCUT2D eigenvalue weighted by molar-refractivity contribution is 6.01. The van der Waals surface area contributed by atoms with Crippen molar-refractivity contribution in [2.24, 2.45) is 34.6 Å². The van der Waals surface area contributed by atoms with Crippen molar-refractivity contribution in [3.8, 4) is 34.2 Å². The van der Waals surface area contributed by atoms with E-state index in [9.17, 15) is 9.59 Å². The summed E-state index contributed by atoms with van der Waals surface area (Å²) in [5.41, 5.74) is 16.9. The summed E-state index contributed by atoms with van der Waals surface area (Å²) in [5.74, 6) is -0.200. The molecule has 0 atom stereocenters. The Labute approximate surface area is 318 Å². The first-order chi connectivity index (χ1) is 27.0. The smallest absolute Gasteiger partial charge is 0.344 e. The monoisotopic (exact) mass is 754 g/mol. The van der Waals surface area contributed by atoms with Crippen molar-refractivity contribution in [3.63, 3.8) is 0 Å². The third-order valence-corrected chi connectivity index (χ3v) is 8.60. The number of nitrogens with zero attached hydrogens (tertiary/aromatic N) is 14. The van der Waals surface area contributed by atoms with Crippen LogP contribution in [0.2, 0.25) is 0 Å². The molecule has 0 saturated carbocycles. The molecular weight excluding hydrogens is 721 g/mol. The number of aryl methyl sites for hydroxylation is 4. The van der Waals surface area contributed by atoms with Gasteiger partial charge in [0.15, 0.2) is 46.3 Å². The molecule has 2 aromatic carbocycles. The second kappa shape index (κ2) is 14.9. The van der Waals surface area contributed by atoms with Gasteiger partial charge in [0.2, 0.25) is 0 Å². The number of esters is 2. The third kappa shape index (κ3) is 6.50. The first-order valence-electron chi connectivity index (χ1n) is 16.8. The van der Waals surface area contributed by atoms with E-state index < -0.39 is 11.9 Å². The van der Waals surface area contributed by atoms with E-state index in [2.05, 4.69) is 50.8 Å². The van der Waals surface area contributed by atoms with Gasteiger partial charge in [0.1, 0.15) is 28.8 Å². The minimum absolute atomic E-state index is 0.104. The number of hydrogen-bond acceptors (Lipinski definition) is 16. The van der Waals surface area contributed by atoms with Crippen molar-refractivity contribution in [1.82, 2.24) is 49.1 Å². The highest BCUT2D eigenvalue weighted by Crippen LogP contribution is 2.37. The molecule has 282 valence electrons. The minimum Gasteiger partial charge on any atom is -0.465 e. The predicted molar refractivity (Wildman–Crippen MR) is 203 cm³/mol. The number of hydrogen-bond donors (Lipinski definition) is 2. The number of rotatable bonds is 10. The summed E-state index contributed by atoms with van der Waals surface area (Å²) in [7, 11) is 5.85. The van der Waals surface area contributed by atoms with E-state index in [1.165, 1.54) is 39.3 Å². The lowest BCUT2D eigenvalue weighted by molar-refractivity contribution is 0.0593. The Hall–Kier alpha value is -7.90. The molecule has 0 radical (unpaired) electrons. The van der Waals surface area contributed by atoms with Gasteiger partial charge in [0.05, 0.1) is 25.6 Å². The maximum atomic E-state index is 12.9. The zero-order valence-corrected chi connectivity index (χ0v) is 31.0. The minimum atomic E-state index is -0.627. The maximum Gasteiger partial charge on any atom is 0.344 e. The molecule has 0 fully saturated rings. The molecule has 7 aromatic rings. The molecule has 0 saturated heterocycles. The third-order valence-electron chi connectivity index (χ3n) is 8.60. The van der Waals surface area contributed by atoms with Gasteiger partial charge in [0.25, 0.3) is 0 Å². The van der Waals surface area contributed by atoms with Gasteiger partial charge >= 0.3 is 11.9 Å². The van der Waals surface area contributed by atoms with Crippen molar-refractivity contribution in [3.05, 3.63) is 95.6 Å². The highest BCUT2D eigenvalue weighted by atomic mass is 16.5. The van der Waals surface area contributed by atoms with Gasteiger partial charge in [-0.3, -0.25) is 0 Å². The standard InChI is InChI=1S/C36H34N16O4/c1-19-27(41-43-33-25(35(53)55-5)29(47-49(33)3)21-13-9-7-10-14-21)31(37)51(45-19)23-17-24(40-18-39-23)52-32(38)28(20(2)46-52)42-44-34-26(36(54)56-6)30(48-50(34)4)22-15-11-8-12-16-22/h7-18H,37-38H2,1-6H3/b43-41+,44-42+. The summed E-state index contributed by atoms with van der Waals surface area (Å²) in [6, 6.07) is 19.9. The number of carbonyl (C=O) groups is 2. The zero-order chi connectivity index (χ0) is 39.7. The van der Waals surface area contributed by atoms with Crippen molar-refractivity contribution in [1.29, 1.82) is 0 Å². The van der Waals surface area contributed by atoms with Crippen LogP contribution in [-0.4, -0.2) is 75.2 Å². The fourth-order valence-corrected chi connectivity index (χ4v) is 5.87. The summed E-state index contributed by atoms with van der Waals surface area (Å²) in [6.07, 6.45) is 1.30. The van der Waals surface area contributed by atoms with Gasteiger partial charge < -0.3 is 20.9 Å². The number of nitrogens with two attached hydrogens (primary N) is 2. The Morgan fingerprint density at radius 3 is 1.38 bits per heavy atom. The molecule has 0 amide bonds. The van der Waals surface area contributed by atoms with E-state index in [0.717, 1.165) is 0 Å². The van der Waals surface area contributed by atoms with Gasteiger partial charge in [-0.15, -0.1) is 20.5 Å². The molecule has 0 unspecified atom stereocenters. The van der Waals surface area contributed by atoms with Crippen LogP contribution in [0.25, 0.3) is 34.2 Å². The summed E-state index contributed by atoms with van der Waals surface area (Å²) in [5, 5.41) is 35.6. The van der Waals surface area contributed by atoms with Crippen LogP contribution in [0, 0.1) is 13.8 Å². The summed E-state index contributed by atoms with van der Waals surface area (Å²) >= 11 is 0. The van der Waals surface area contributed by atoms with E-state index in [-0.39, 0.29) is 57.4 Å². The lowest BCUT2D eigenvalue weighted by Crippen LogP contribution is -2.09. The van der Waals surface area contributed by atoms with E-state index >= 15 is 0 Å². The molecule has 20 nitrogen and oxygen atoms in total. The van der Waals surface area contributed by atoms with Crippen LogP contribution in [-0.2, 0) is 23.6 Å². The molecule has 20 heteroatoms. The normalized spacial score (nSPS) is 11.5. The van der Waals surface area contributed by atoms with Crippen LogP contribution < -0.4 is 11.5 Å². The Morgan fingerprint density at radius 2 is 1.00 bits per heavy atom. The molecule has 0 bridgehead atoms. The average Bonchev–Trinajstić information content (AvgIpc) is 3.91. The highest BCUT2D eigenvalue weighted by Gasteiger charge is 2.27. The molecule has 0 spiro atoms. The number of ether oxygens (including phenoxy) is 2. The Kier molecular flexibility index (Phi) is 9.67. The molecule has 56 heavy (non-hydrogen) atoms. The van der Waals surface area contributed by atoms with E-state index in [1.54, 1.807) is 34.0 Å². The van der Waals surface area contributed by atoms with Gasteiger partial charge in [-0.25, -0.2) is 28.9 Å². The van der Waals surface area contributed by atoms with E-state index in [4.69, 9.17) is 20.9 Å². The van der Waals surface area contributed by atoms with E-state index in [0.29, 0.717) is 33.9 Å². The van der Waals surface area contributed by atoms with Crippen LogP contribution in [0.4, 0.5) is 34.6 Å². The molecule has 0 aliphatic rings. The van der Waals surface area contributed by atoms with Crippen molar-refractivity contribution in [2.75, 3.05) is 25.7 Å². The van der Waals surface area contributed by atoms with Crippen LogP contribution in [0.15, 0.2) is 93.5 Å². The molecule has 7 rings (SSSR count). The topological polar surface area (TPSA) is 251 Å². The SMILES string of the molecule is COC(=O)c1c(-c2ccccc2)nn(C)c1/N=N/c1c(C)nn(-c2cc(-n3nc(C)c(/N=N/c4c(C(=O)OC)c(-c5ccccc5)nn4C)c3N)ncn2)c1N. The van der Waals surface area contributed by atoms with E-state index in [1.807, 2.05) is 60.7 Å². The molecule has 5 heterocycles. The number of anilines is 2. The van der Waals surface area contributed by atoms with Crippen LogP contribution in [0.5, 0.6) is 0 Å². The van der Waals surface area contributed by atoms with Crippen molar-refractivity contribution >= 4 is 46.6 Å². The Balaban J connectivity index is 1.20. The quantitative estimate of drug-likeness (QED) is 0.123. The van der Waals surface area contributed by atoms with Gasteiger partial charge in [0, 0.05) is 31.3 Å². The molecular formula is C36H34N16O4. The van der Waals surface area contributed by atoms with Crippen LogP contribution in [0.1, 0.15) is 32.1 Å². The zero-order valence-electron chi connectivity index (χ0n) is 31.0. The van der Waals surface area contributed by atoms with Crippen molar-refractivity contribution in [2.45, 2.75) is 13.8 Å². The fraction of sp³-hybridized carbons (Fsp3) is 0.167. The molecule has 0 aliphatic heterocycles. The predicted octanol–water partition coefficient (Wildman–Crippen LogP) is 5.83. The Morgan fingerprint density at radius 1 is 0.607 bits per heavy atom. The molecule has 0 aliphatic carbocycles. The largest absolute Gasteiger partial charge is 0.465 e. The number of aromatic nitrogens is 10. The first kappa shape index (κ1) is 36.5. The average molecular weight is 755 g/mol. The summed E-state index contributed by atoms with van der Waals surface area (Å²) < 4.78 is 15.7. The lowest BCUT2D eigenvalue weighted by Gasteiger charge is -2.06. The summed E-state index contributed by atoms with van der Waals surface area (Å²) in [4.78, 5) is 34.5. The molecule has 4 N–H and O–H groups in total. The van der Waals surface area contributed by atoms with Gasteiger partial charge in [-0.1, -0.05) is 60.7 Å². The lowest BCUT2D eigenvalue weighted by atomic mass is 10.1. The van der Waals surface area contributed by atoms with Gasteiger partial charge in [-0.05, 0) is 13.8 Å². The van der Waals surface area contributed by atoms with Gasteiger partial charge in [-0.2, -0.15) is 29.8 Å². The molecule has 5 aromatic heterocycles.